The number of rotatable bonds is 0. The minimum atomic E-state index is 0.112. The molecule has 0 fully saturated rings. The Morgan fingerprint density at radius 1 is 0.929 bits per heavy atom. The Balaban J connectivity index is 2.62. The topological polar surface area (TPSA) is 95.4 Å². The van der Waals surface area contributed by atoms with E-state index in [1.807, 2.05) is 0 Å². The van der Waals surface area contributed by atoms with E-state index in [1.54, 1.807) is 0 Å². The van der Waals surface area contributed by atoms with Crippen molar-refractivity contribution in [1.29, 1.82) is 0 Å². The van der Waals surface area contributed by atoms with Crippen molar-refractivity contribution in [2.24, 2.45) is 0 Å². The van der Waals surface area contributed by atoms with Gasteiger partial charge < -0.3 is 13.4 Å². The standard InChI is InChI=1S/C6HN5O3/c1-2-7-6-11(1)14-5-9-3(12-2)8-4(10-5)13-6/h1H. The summed E-state index contributed by atoms with van der Waals surface area (Å²) in [7, 11) is 0. The predicted octanol–water partition coefficient (Wildman–Crippen LogP) is 0.605. The minimum absolute atomic E-state index is 0.112. The van der Waals surface area contributed by atoms with Crippen molar-refractivity contribution in [3.8, 4) is 0 Å². The van der Waals surface area contributed by atoms with Crippen LogP contribution in [0.5, 0.6) is 0 Å². The summed E-state index contributed by atoms with van der Waals surface area (Å²) in [5.41, 5.74) is 0.322. The van der Waals surface area contributed by atoms with Crippen LogP contribution in [0, 0.1) is 0 Å². The van der Waals surface area contributed by atoms with Crippen LogP contribution >= 0.6 is 0 Å². The van der Waals surface area contributed by atoms with Gasteiger partial charge in [-0.25, -0.2) is 0 Å². The van der Waals surface area contributed by atoms with E-state index in [9.17, 15) is 0 Å². The zero-order valence-corrected chi connectivity index (χ0v) is 6.54. The summed E-state index contributed by atoms with van der Waals surface area (Å²) in [6, 6.07) is 0. The predicted molar refractivity (Wildman–Crippen MR) is 40.4 cm³/mol. The van der Waals surface area contributed by atoms with Crippen LogP contribution in [-0.4, -0.2) is 24.5 Å². The smallest absolute Gasteiger partial charge is 0.353 e. The van der Waals surface area contributed by atoms with Gasteiger partial charge in [-0.05, 0) is 0 Å². The van der Waals surface area contributed by atoms with Crippen molar-refractivity contribution < 1.29 is 13.4 Å². The molecule has 14 heavy (non-hydrogen) atoms. The maximum atomic E-state index is 5.21. The molecule has 0 N–H and O–H groups in total. The first-order valence-corrected chi connectivity index (χ1v) is 3.76. The zero-order chi connectivity index (χ0) is 9.12. The molecule has 5 aromatic heterocycles. The molecule has 0 aliphatic heterocycles. The lowest BCUT2D eigenvalue weighted by Gasteiger charge is -1.87. The second-order valence-corrected chi connectivity index (χ2v) is 2.67. The van der Waals surface area contributed by atoms with E-state index >= 15 is 0 Å². The van der Waals surface area contributed by atoms with E-state index in [0.29, 0.717) is 5.71 Å². The van der Waals surface area contributed by atoms with Gasteiger partial charge in [-0.15, -0.1) is 19.5 Å². The molecule has 0 saturated heterocycles. The number of hydrogen-bond donors (Lipinski definition) is 0. The molecule has 0 amide bonds. The van der Waals surface area contributed by atoms with Gasteiger partial charge in [0.05, 0.1) is 0 Å². The van der Waals surface area contributed by atoms with E-state index in [-0.39, 0.29) is 23.4 Å². The van der Waals surface area contributed by atoms with Crippen LogP contribution in [0.1, 0.15) is 0 Å². The normalized spacial score (nSPS) is 12.3. The van der Waals surface area contributed by atoms with Crippen LogP contribution in [0.25, 0.3) is 29.1 Å². The SMILES string of the molecule is c1c2nc3oc4nc(nc(n4)on13)o2. The van der Waals surface area contributed by atoms with E-state index in [4.69, 9.17) is 13.4 Å². The second kappa shape index (κ2) is 1.76. The van der Waals surface area contributed by atoms with Crippen molar-refractivity contribution in [1.82, 2.24) is 24.5 Å². The first-order valence-electron chi connectivity index (χ1n) is 3.76. The van der Waals surface area contributed by atoms with Gasteiger partial charge in [-0.3, -0.25) is 0 Å². The van der Waals surface area contributed by atoms with Gasteiger partial charge in [0, 0.05) is 0 Å². The first-order chi connectivity index (χ1) is 6.87. The molecule has 0 radical (unpaired) electrons. The fraction of sp³-hybridized carbons (Fsp3) is 0. The molecule has 0 spiro atoms. The Morgan fingerprint density at radius 2 is 1.71 bits per heavy atom. The summed E-state index contributed by atoms with van der Waals surface area (Å²) in [4.78, 5) is 15.5. The van der Waals surface area contributed by atoms with Gasteiger partial charge in [0.1, 0.15) is 6.20 Å². The molecule has 0 aromatic carbocycles. The van der Waals surface area contributed by atoms with Crippen LogP contribution in [0.3, 0.4) is 0 Å². The average molecular weight is 191 g/mol. The van der Waals surface area contributed by atoms with Crippen molar-refractivity contribution in [2.45, 2.75) is 0 Å². The number of aromatic nitrogens is 5. The Labute approximate surface area is 74.1 Å². The fourth-order valence-electron chi connectivity index (χ4n) is 1.23. The van der Waals surface area contributed by atoms with E-state index in [0.717, 1.165) is 0 Å². The van der Waals surface area contributed by atoms with Crippen molar-refractivity contribution in [3.05, 3.63) is 6.20 Å². The Hall–Kier alpha value is -2.38. The average Bonchev–Trinajstić information content (AvgIpc) is 2.42. The molecular weight excluding hydrogens is 190 g/mol. The maximum Gasteiger partial charge on any atom is 0.353 e. The first kappa shape index (κ1) is 6.13. The minimum Gasteiger partial charge on any atom is -0.403 e. The molecule has 0 atom stereocenters. The molecule has 6 bridgehead atoms. The van der Waals surface area contributed by atoms with Crippen LogP contribution in [0.2, 0.25) is 0 Å². The second-order valence-electron chi connectivity index (χ2n) is 2.67. The Morgan fingerprint density at radius 3 is 2.64 bits per heavy atom. The van der Waals surface area contributed by atoms with E-state index in [2.05, 4.69) is 19.9 Å². The van der Waals surface area contributed by atoms with Gasteiger partial charge >= 0.3 is 23.4 Å². The number of imidazole rings is 1. The van der Waals surface area contributed by atoms with Crippen LogP contribution in [-0.2, 0) is 0 Å². The van der Waals surface area contributed by atoms with Crippen LogP contribution in [0.15, 0.2) is 19.6 Å². The molecule has 8 heteroatoms. The van der Waals surface area contributed by atoms with Gasteiger partial charge in [-0.1, -0.05) is 0 Å². The van der Waals surface area contributed by atoms with Gasteiger partial charge in [0.15, 0.2) is 0 Å². The molecule has 5 heterocycles. The van der Waals surface area contributed by atoms with Gasteiger partial charge in [-0.2, -0.15) is 4.98 Å². The Bertz CT molecular complexity index is 687. The Kier molecular flexibility index (Phi) is 0.772. The van der Waals surface area contributed by atoms with Crippen molar-refractivity contribution in [2.75, 3.05) is 0 Å². The molecule has 0 unspecified atom stereocenters. The lowest BCUT2D eigenvalue weighted by atomic mass is 10.9. The van der Waals surface area contributed by atoms with Gasteiger partial charge in [0.25, 0.3) is 0 Å². The molecule has 0 aliphatic rings. The summed E-state index contributed by atoms with van der Waals surface area (Å²) in [5.74, 6) is 0.558. The largest absolute Gasteiger partial charge is 0.403 e. The molecule has 0 saturated carbocycles. The highest BCUT2D eigenvalue weighted by Crippen LogP contribution is 2.12. The third-order valence-electron chi connectivity index (χ3n) is 1.75. The lowest BCUT2D eigenvalue weighted by Crippen LogP contribution is -1.87. The third-order valence-corrected chi connectivity index (χ3v) is 1.75. The van der Waals surface area contributed by atoms with Crippen molar-refractivity contribution >= 4 is 29.1 Å². The maximum absolute atomic E-state index is 5.21. The molecule has 0 aliphatic carbocycles. The summed E-state index contributed by atoms with van der Waals surface area (Å²) < 4.78 is 16.9. The number of hydrogen-bond acceptors (Lipinski definition) is 7. The molecule has 5 rings (SSSR count). The highest BCUT2D eigenvalue weighted by atomic mass is 16.5. The van der Waals surface area contributed by atoms with E-state index < -0.39 is 0 Å². The third kappa shape index (κ3) is 0.632. The molecule has 5 aromatic rings. The number of nitrogens with zero attached hydrogens (tertiary/aromatic N) is 5. The highest BCUT2D eigenvalue weighted by Gasteiger charge is 2.10. The molecular formula is C6HN5O3. The van der Waals surface area contributed by atoms with Crippen molar-refractivity contribution in [3.63, 3.8) is 0 Å². The summed E-state index contributed by atoms with van der Waals surface area (Å²) in [5, 5.41) is 0. The zero-order valence-electron chi connectivity index (χ0n) is 6.54. The van der Waals surface area contributed by atoms with Crippen LogP contribution in [0.4, 0.5) is 0 Å². The summed E-state index contributed by atoms with van der Waals surface area (Å²) >= 11 is 0. The van der Waals surface area contributed by atoms with Gasteiger partial charge in [0.2, 0.25) is 5.71 Å². The lowest BCUT2D eigenvalue weighted by molar-refractivity contribution is 0.373. The highest BCUT2D eigenvalue weighted by molar-refractivity contribution is 5.47. The monoisotopic (exact) mass is 191 g/mol. The van der Waals surface area contributed by atoms with Crippen LogP contribution < -0.4 is 0 Å². The summed E-state index contributed by atoms with van der Waals surface area (Å²) in [6.45, 7) is 0. The molecule has 68 valence electrons. The molecule has 8 nitrogen and oxygen atoms in total. The summed E-state index contributed by atoms with van der Waals surface area (Å²) in [6.07, 6.45) is 1.52. The quantitative estimate of drug-likeness (QED) is 0.401. The fourth-order valence-corrected chi connectivity index (χ4v) is 1.23. The van der Waals surface area contributed by atoms with E-state index in [1.165, 1.54) is 10.8 Å².